The Hall–Kier alpha value is -3.11. The number of carbonyl (C=O) groups is 2. The molecule has 0 spiro atoms. The van der Waals surface area contributed by atoms with E-state index in [0.717, 1.165) is 29.5 Å². The highest BCUT2D eigenvalue weighted by molar-refractivity contribution is 6.31. The number of aryl methyl sites for hydroxylation is 1. The van der Waals surface area contributed by atoms with Gasteiger partial charge in [-0.25, -0.2) is 0 Å². The molecule has 0 aromatic heterocycles. The Morgan fingerprint density at radius 2 is 1.57 bits per heavy atom. The number of benzene rings is 3. The molecule has 2 amide bonds. The minimum absolute atomic E-state index is 0.0561. The van der Waals surface area contributed by atoms with E-state index in [2.05, 4.69) is 50.4 Å². The molecule has 4 nitrogen and oxygen atoms in total. The molecule has 3 rings (SSSR count). The van der Waals surface area contributed by atoms with Crippen molar-refractivity contribution in [2.24, 2.45) is 0 Å². The number of nitrogens with zero attached hydrogens (tertiary/aromatic N) is 1. The van der Waals surface area contributed by atoms with E-state index in [4.69, 9.17) is 11.6 Å². The predicted molar refractivity (Wildman–Crippen MR) is 153 cm³/mol. The standard InChI is InChI=1S/C32H39ClN2O2/c1-4-5-21-34-32(37)30(22-26-11-7-6-8-12-26)35(23-28-13-9-10-14-29(28)33)31(36)20-17-25-15-18-27(19-16-25)24(2)3/h6-16,18-19,24,30H,4-5,17,20-23H2,1-3H3,(H,34,37). The summed E-state index contributed by atoms with van der Waals surface area (Å²) in [5.41, 5.74) is 4.24. The summed E-state index contributed by atoms with van der Waals surface area (Å²) in [6, 6.07) is 25.2. The fourth-order valence-corrected chi connectivity index (χ4v) is 4.53. The van der Waals surface area contributed by atoms with Gasteiger partial charge in [0, 0.05) is 31.0 Å². The van der Waals surface area contributed by atoms with E-state index in [0.29, 0.717) is 36.7 Å². The van der Waals surface area contributed by atoms with E-state index < -0.39 is 6.04 Å². The molecular formula is C32H39ClN2O2. The highest BCUT2D eigenvalue weighted by atomic mass is 35.5. The molecule has 0 aliphatic heterocycles. The van der Waals surface area contributed by atoms with Gasteiger partial charge in [0.2, 0.25) is 11.8 Å². The van der Waals surface area contributed by atoms with Gasteiger partial charge >= 0.3 is 0 Å². The Kier molecular flexibility index (Phi) is 11.2. The van der Waals surface area contributed by atoms with Gasteiger partial charge < -0.3 is 10.2 Å². The van der Waals surface area contributed by atoms with Crippen molar-refractivity contribution < 1.29 is 9.59 Å². The van der Waals surface area contributed by atoms with Gasteiger partial charge in [0.15, 0.2) is 0 Å². The van der Waals surface area contributed by atoms with Crippen LogP contribution in [0.2, 0.25) is 5.02 Å². The van der Waals surface area contributed by atoms with E-state index in [9.17, 15) is 9.59 Å². The number of rotatable bonds is 13. The third-order valence-corrected chi connectivity index (χ3v) is 7.04. The second-order valence-electron chi connectivity index (χ2n) is 9.86. The summed E-state index contributed by atoms with van der Waals surface area (Å²) in [7, 11) is 0. The lowest BCUT2D eigenvalue weighted by Gasteiger charge is -2.32. The zero-order valence-electron chi connectivity index (χ0n) is 22.3. The van der Waals surface area contributed by atoms with Crippen molar-refractivity contribution in [2.75, 3.05) is 6.54 Å². The molecule has 0 fully saturated rings. The fourth-order valence-electron chi connectivity index (χ4n) is 4.33. The van der Waals surface area contributed by atoms with Crippen molar-refractivity contribution in [3.05, 3.63) is 106 Å². The lowest BCUT2D eigenvalue weighted by Crippen LogP contribution is -2.50. The maximum Gasteiger partial charge on any atom is 0.243 e. The molecule has 3 aromatic rings. The number of hydrogen-bond donors (Lipinski definition) is 1. The van der Waals surface area contributed by atoms with Crippen molar-refractivity contribution in [1.29, 1.82) is 0 Å². The first-order valence-corrected chi connectivity index (χ1v) is 13.7. The summed E-state index contributed by atoms with van der Waals surface area (Å²) < 4.78 is 0. The molecule has 0 radical (unpaired) electrons. The van der Waals surface area contributed by atoms with Crippen LogP contribution in [-0.2, 0) is 29.0 Å². The first-order chi connectivity index (χ1) is 17.9. The highest BCUT2D eigenvalue weighted by Crippen LogP contribution is 2.22. The number of halogens is 1. The average Bonchev–Trinajstić information content (AvgIpc) is 2.91. The smallest absolute Gasteiger partial charge is 0.243 e. The van der Waals surface area contributed by atoms with Crippen molar-refractivity contribution in [2.45, 2.75) is 71.4 Å². The van der Waals surface area contributed by atoms with Gasteiger partial charge in [-0.2, -0.15) is 0 Å². The highest BCUT2D eigenvalue weighted by Gasteiger charge is 2.30. The minimum atomic E-state index is -0.633. The Bertz CT molecular complexity index is 1130. The molecule has 0 saturated heterocycles. The van der Waals surface area contributed by atoms with Crippen LogP contribution in [0.25, 0.3) is 0 Å². The zero-order chi connectivity index (χ0) is 26.6. The summed E-state index contributed by atoms with van der Waals surface area (Å²) >= 11 is 6.49. The van der Waals surface area contributed by atoms with E-state index >= 15 is 0 Å². The van der Waals surface area contributed by atoms with Crippen LogP contribution in [0.4, 0.5) is 0 Å². The number of amides is 2. The summed E-state index contributed by atoms with van der Waals surface area (Å²) in [4.78, 5) is 29.0. The molecule has 5 heteroatoms. The van der Waals surface area contributed by atoms with Crippen LogP contribution in [-0.4, -0.2) is 29.3 Å². The van der Waals surface area contributed by atoms with E-state index in [1.54, 1.807) is 4.90 Å². The molecule has 196 valence electrons. The summed E-state index contributed by atoms with van der Waals surface area (Å²) in [5, 5.41) is 3.66. The lowest BCUT2D eigenvalue weighted by molar-refractivity contribution is -0.141. The van der Waals surface area contributed by atoms with Gasteiger partial charge in [-0.15, -0.1) is 0 Å². The van der Waals surface area contributed by atoms with Crippen molar-refractivity contribution in [3.8, 4) is 0 Å². The molecule has 3 aromatic carbocycles. The van der Waals surface area contributed by atoms with Crippen molar-refractivity contribution >= 4 is 23.4 Å². The molecular weight excluding hydrogens is 480 g/mol. The quantitative estimate of drug-likeness (QED) is 0.249. The SMILES string of the molecule is CCCCNC(=O)C(Cc1ccccc1)N(Cc1ccccc1Cl)C(=O)CCc1ccc(C(C)C)cc1. The Labute approximate surface area is 227 Å². The van der Waals surface area contributed by atoms with E-state index in [1.165, 1.54) is 5.56 Å². The molecule has 1 N–H and O–H groups in total. The van der Waals surface area contributed by atoms with Crippen molar-refractivity contribution in [1.82, 2.24) is 10.2 Å². The third-order valence-electron chi connectivity index (χ3n) is 6.67. The number of unbranched alkanes of at least 4 members (excludes halogenated alkanes) is 1. The average molecular weight is 519 g/mol. The van der Waals surface area contributed by atoms with Gasteiger partial charge in [-0.05, 0) is 47.1 Å². The van der Waals surface area contributed by atoms with Crippen LogP contribution in [0.5, 0.6) is 0 Å². The summed E-state index contributed by atoms with van der Waals surface area (Å²) in [6.07, 6.45) is 3.26. The molecule has 0 heterocycles. The monoisotopic (exact) mass is 518 g/mol. The van der Waals surface area contributed by atoms with Crippen molar-refractivity contribution in [3.63, 3.8) is 0 Å². The molecule has 37 heavy (non-hydrogen) atoms. The van der Waals surface area contributed by atoms with Gasteiger partial charge in [0.25, 0.3) is 0 Å². The summed E-state index contributed by atoms with van der Waals surface area (Å²) in [6.45, 7) is 7.31. The maximum absolute atomic E-state index is 13.8. The van der Waals surface area contributed by atoms with Gasteiger partial charge in [0.05, 0.1) is 0 Å². The molecule has 1 atom stereocenters. The Morgan fingerprint density at radius 1 is 0.892 bits per heavy atom. The molecule has 0 aliphatic rings. The van der Waals surface area contributed by atoms with Crippen LogP contribution >= 0.6 is 11.6 Å². The van der Waals surface area contributed by atoms with Gasteiger partial charge in [-0.1, -0.05) is 112 Å². The number of nitrogens with one attached hydrogen (secondary N) is 1. The Morgan fingerprint density at radius 3 is 2.22 bits per heavy atom. The maximum atomic E-state index is 13.8. The fraction of sp³-hybridized carbons (Fsp3) is 0.375. The molecule has 1 unspecified atom stereocenters. The molecule has 0 saturated carbocycles. The minimum Gasteiger partial charge on any atom is -0.354 e. The van der Waals surface area contributed by atoms with Crippen LogP contribution in [0.3, 0.4) is 0 Å². The topological polar surface area (TPSA) is 49.4 Å². The first-order valence-electron chi connectivity index (χ1n) is 13.3. The number of hydrogen-bond acceptors (Lipinski definition) is 2. The first kappa shape index (κ1) is 28.5. The van der Waals surface area contributed by atoms with Crippen LogP contribution in [0.15, 0.2) is 78.9 Å². The Balaban J connectivity index is 1.87. The second kappa shape index (κ2) is 14.6. The van der Waals surface area contributed by atoms with Crippen LogP contribution in [0.1, 0.15) is 68.2 Å². The normalized spacial score (nSPS) is 11.8. The number of carbonyl (C=O) groups excluding carboxylic acids is 2. The summed E-state index contributed by atoms with van der Waals surface area (Å²) in [5.74, 6) is 0.283. The largest absolute Gasteiger partial charge is 0.354 e. The predicted octanol–water partition coefficient (Wildman–Crippen LogP) is 6.95. The van der Waals surface area contributed by atoms with Crippen LogP contribution in [0, 0.1) is 0 Å². The van der Waals surface area contributed by atoms with Crippen LogP contribution < -0.4 is 5.32 Å². The van der Waals surface area contributed by atoms with E-state index in [1.807, 2.05) is 54.6 Å². The third kappa shape index (κ3) is 8.75. The molecule has 0 aliphatic carbocycles. The second-order valence-corrected chi connectivity index (χ2v) is 10.3. The molecule has 0 bridgehead atoms. The lowest BCUT2D eigenvalue weighted by atomic mass is 9.99. The van der Waals surface area contributed by atoms with Gasteiger partial charge in [0.1, 0.15) is 6.04 Å². The zero-order valence-corrected chi connectivity index (χ0v) is 23.0. The van der Waals surface area contributed by atoms with E-state index in [-0.39, 0.29) is 18.4 Å². The van der Waals surface area contributed by atoms with Gasteiger partial charge in [-0.3, -0.25) is 9.59 Å².